The predicted octanol–water partition coefficient (Wildman–Crippen LogP) is 5.52. The molecule has 0 saturated heterocycles. The minimum Gasteiger partial charge on any atom is -0.288 e. The lowest BCUT2D eigenvalue weighted by Crippen LogP contribution is -2.06. The first kappa shape index (κ1) is 17.7. The molecule has 2 aromatic carbocycles. The average Bonchev–Trinajstić information content (AvgIpc) is 3.37. The summed E-state index contributed by atoms with van der Waals surface area (Å²) in [6, 6.07) is 17.3. The highest BCUT2D eigenvalue weighted by molar-refractivity contribution is 8.12. The first-order valence-corrected chi connectivity index (χ1v) is 10.9. The van der Waals surface area contributed by atoms with Crippen LogP contribution >= 0.6 is 23.5 Å². The Hall–Kier alpha value is -1.72. The van der Waals surface area contributed by atoms with Crippen molar-refractivity contribution < 1.29 is 4.79 Å². The zero-order valence-corrected chi connectivity index (χ0v) is 16.5. The maximum Gasteiger partial charge on any atom is 0.186 e. The second-order valence-electron chi connectivity index (χ2n) is 6.83. The summed E-state index contributed by atoms with van der Waals surface area (Å²) in [5.74, 6) is 2.36. The fraction of sp³-hybridized carbons (Fsp3) is 0.333. The molecule has 0 spiro atoms. The Balaban J connectivity index is 1.48. The fourth-order valence-corrected chi connectivity index (χ4v) is 4.41. The van der Waals surface area contributed by atoms with E-state index in [0.29, 0.717) is 5.75 Å². The van der Waals surface area contributed by atoms with Gasteiger partial charge in [-0.05, 0) is 47.7 Å². The normalized spacial score (nSPS) is 14.0. The summed E-state index contributed by atoms with van der Waals surface area (Å²) < 4.78 is 2.17. The number of aromatic nitrogens is 2. The highest BCUT2D eigenvalue weighted by Gasteiger charge is 2.23. The van der Waals surface area contributed by atoms with E-state index in [1.807, 2.05) is 11.8 Å². The summed E-state index contributed by atoms with van der Waals surface area (Å²) >= 11 is 3.19. The Labute approximate surface area is 162 Å². The van der Waals surface area contributed by atoms with E-state index in [1.54, 1.807) is 6.92 Å². The quantitative estimate of drug-likeness (QED) is 0.504. The number of hydrogen-bond acceptors (Lipinski definition) is 4. The molecule has 0 unspecified atom stereocenters. The zero-order chi connectivity index (χ0) is 17.9. The predicted molar refractivity (Wildman–Crippen MR) is 110 cm³/mol. The molecule has 5 heteroatoms. The maximum absolute atomic E-state index is 11.2. The number of nitrogens with zero attached hydrogens (tertiary/aromatic N) is 2. The van der Waals surface area contributed by atoms with Gasteiger partial charge in [0.05, 0.1) is 5.69 Å². The molecular weight excluding hydrogens is 360 g/mol. The molecule has 1 saturated carbocycles. The molecule has 0 amide bonds. The van der Waals surface area contributed by atoms with Crippen molar-refractivity contribution in [1.82, 2.24) is 9.78 Å². The van der Waals surface area contributed by atoms with Crippen molar-refractivity contribution in [1.29, 1.82) is 0 Å². The van der Waals surface area contributed by atoms with Gasteiger partial charge in [-0.25, -0.2) is 0 Å². The standard InChI is InChI=1S/C21H22N2OS2/c1-15(24)25-13-19-11-20(23(22-19)12-16-6-7-16)14-26-21-9-8-17-4-2-3-5-18(17)10-21/h2-5,8-11,16H,6-7,12-14H2,1H3. The second-order valence-corrected chi connectivity index (χ2v) is 9.03. The molecule has 1 aliphatic carbocycles. The highest BCUT2D eigenvalue weighted by atomic mass is 32.2. The number of benzene rings is 2. The summed E-state index contributed by atoms with van der Waals surface area (Å²) in [5.41, 5.74) is 2.27. The van der Waals surface area contributed by atoms with Crippen LogP contribution < -0.4 is 0 Å². The van der Waals surface area contributed by atoms with Gasteiger partial charge in [-0.3, -0.25) is 9.48 Å². The Morgan fingerprint density at radius 1 is 1.12 bits per heavy atom. The number of fused-ring (bicyclic) bond motifs is 1. The van der Waals surface area contributed by atoms with Gasteiger partial charge in [-0.1, -0.05) is 42.1 Å². The zero-order valence-electron chi connectivity index (χ0n) is 14.9. The third kappa shape index (κ3) is 4.51. The van der Waals surface area contributed by atoms with Crippen LogP contribution in [0.4, 0.5) is 0 Å². The van der Waals surface area contributed by atoms with Gasteiger partial charge in [-0.15, -0.1) is 11.8 Å². The topological polar surface area (TPSA) is 34.9 Å². The van der Waals surface area contributed by atoms with Crippen LogP contribution in [0.2, 0.25) is 0 Å². The number of rotatable bonds is 7. The summed E-state index contributed by atoms with van der Waals surface area (Å²) in [6.45, 7) is 2.63. The second kappa shape index (κ2) is 7.89. The maximum atomic E-state index is 11.2. The number of thioether (sulfide) groups is 2. The third-order valence-electron chi connectivity index (χ3n) is 4.57. The van der Waals surface area contributed by atoms with Crippen molar-refractivity contribution in [2.24, 2.45) is 5.92 Å². The van der Waals surface area contributed by atoms with Crippen LogP contribution in [0.25, 0.3) is 10.8 Å². The Bertz CT molecular complexity index is 931. The third-order valence-corrected chi connectivity index (χ3v) is 6.45. The monoisotopic (exact) mass is 382 g/mol. The summed E-state index contributed by atoms with van der Waals surface area (Å²) in [4.78, 5) is 12.5. The van der Waals surface area contributed by atoms with E-state index in [2.05, 4.69) is 53.2 Å². The molecule has 0 atom stereocenters. The lowest BCUT2D eigenvalue weighted by Gasteiger charge is -2.07. The molecule has 26 heavy (non-hydrogen) atoms. The molecule has 1 fully saturated rings. The van der Waals surface area contributed by atoms with Crippen LogP contribution in [-0.2, 0) is 22.8 Å². The van der Waals surface area contributed by atoms with Crippen molar-refractivity contribution in [2.45, 2.75) is 42.7 Å². The van der Waals surface area contributed by atoms with Crippen molar-refractivity contribution in [3.8, 4) is 0 Å². The van der Waals surface area contributed by atoms with E-state index < -0.39 is 0 Å². The van der Waals surface area contributed by atoms with Crippen LogP contribution in [0.5, 0.6) is 0 Å². The van der Waals surface area contributed by atoms with Crippen molar-refractivity contribution in [3.05, 3.63) is 59.9 Å². The minimum absolute atomic E-state index is 0.147. The van der Waals surface area contributed by atoms with E-state index in [1.165, 1.54) is 46.0 Å². The van der Waals surface area contributed by atoms with E-state index in [0.717, 1.165) is 23.9 Å². The Morgan fingerprint density at radius 2 is 1.92 bits per heavy atom. The van der Waals surface area contributed by atoms with Crippen LogP contribution in [0.1, 0.15) is 31.2 Å². The van der Waals surface area contributed by atoms with Crippen LogP contribution in [-0.4, -0.2) is 14.9 Å². The van der Waals surface area contributed by atoms with Gasteiger partial charge in [0, 0.05) is 35.6 Å². The van der Waals surface area contributed by atoms with Gasteiger partial charge in [0.2, 0.25) is 0 Å². The smallest absolute Gasteiger partial charge is 0.186 e. The molecule has 0 bridgehead atoms. The molecule has 0 aliphatic heterocycles. The molecule has 134 valence electrons. The number of carbonyl (C=O) groups is 1. The van der Waals surface area contributed by atoms with Crippen molar-refractivity contribution >= 4 is 39.4 Å². The molecule has 0 radical (unpaired) electrons. The van der Waals surface area contributed by atoms with Gasteiger partial charge in [0.25, 0.3) is 0 Å². The first-order chi connectivity index (χ1) is 12.7. The van der Waals surface area contributed by atoms with Gasteiger partial charge >= 0.3 is 0 Å². The van der Waals surface area contributed by atoms with Gasteiger partial charge in [0.1, 0.15) is 0 Å². The van der Waals surface area contributed by atoms with E-state index in [4.69, 9.17) is 5.10 Å². The van der Waals surface area contributed by atoms with Crippen LogP contribution in [0.3, 0.4) is 0 Å². The molecule has 1 heterocycles. The van der Waals surface area contributed by atoms with Crippen LogP contribution in [0.15, 0.2) is 53.4 Å². The van der Waals surface area contributed by atoms with Gasteiger partial charge < -0.3 is 0 Å². The highest BCUT2D eigenvalue weighted by Crippen LogP contribution is 2.32. The molecule has 3 nitrogen and oxygen atoms in total. The van der Waals surface area contributed by atoms with Gasteiger partial charge in [0.15, 0.2) is 5.12 Å². The van der Waals surface area contributed by atoms with E-state index >= 15 is 0 Å². The molecule has 0 N–H and O–H groups in total. The number of carbonyl (C=O) groups excluding carboxylic acids is 1. The lowest BCUT2D eigenvalue weighted by atomic mass is 10.1. The molecule has 3 aromatic rings. The first-order valence-electron chi connectivity index (χ1n) is 8.98. The molecule has 4 rings (SSSR count). The van der Waals surface area contributed by atoms with Gasteiger partial charge in [-0.2, -0.15) is 5.10 Å². The summed E-state index contributed by atoms with van der Waals surface area (Å²) in [5, 5.41) is 7.46. The molecule has 1 aliphatic rings. The van der Waals surface area contributed by atoms with E-state index in [9.17, 15) is 4.79 Å². The minimum atomic E-state index is 0.147. The molecular formula is C21H22N2OS2. The Morgan fingerprint density at radius 3 is 2.69 bits per heavy atom. The fourth-order valence-electron chi connectivity index (χ4n) is 2.99. The van der Waals surface area contributed by atoms with Crippen molar-refractivity contribution in [3.63, 3.8) is 0 Å². The Kier molecular flexibility index (Phi) is 5.36. The van der Waals surface area contributed by atoms with E-state index in [-0.39, 0.29) is 5.12 Å². The average molecular weight is 383 g/mol. The lowest BCUT2D eigenvalue weighted by molar-refractivity contribution is -0.109. The van der Waals surface area contributed by atoms with Crippen LogP contribution in [0, 0.1) is 5.92 Å². The molecule has 1 aromatic heterocycles. The summed E-state index contributed by atoms with van der Waals surface area (Å²) in [7, 11) is 0. The summed E-state index contributed by atoms with van der Waals surface area (Å²) in [6.07, 6.45) is 2.63. The van der Waals surface area contributed by atoms with Crippen molar-refractivity contribution in [2.75, 3.05) is 0 Å². The SMILES string of the molecule is CC(=O)SCc1cc(CSc2ccc3ccccc3c2)n(CC2CC2)n1. The number of hydrogen-bond donors (Lipinski definition) is 0. The largest absolute Gasteiger partial charge is 0.288 e.